The van der Waals surface area contributed by atoms with Gasteiger partial charge in [-0.05, 0) is 13.0 Å². The van der Waals surface area contributed by atoms with Gasteiger partial charge in [-0.2, -0.15) is 12.3 Å². The van der Waals surface area contributed by atoms with Gasteiger partial charge in [-0.25, -0.2) is 0 Å². The number of nitrogens with zero attached hydrogens (tertiary/aromatic N) is 1. The fourth-order valence-electron chi connectivity index (χ4n) is 3.25. The lowest BCUT2D eigenvalue weighted by atomic mass is 10.0. The molecule has 3 rings (SSSR count). The van der Waals surface area contributed by atoms with Crippen LogP contribution >= 0.6 is 0 Å². The summed E-state index contributed by atoms with van der Waals surface area (Å²) in [5.74, 6) is -0.161. The topological polar surface area (TPSA) is 77.2 Å². The summed E-state index contributed by atoms with van der Waals surface area (Å²) in [7, 11) is -3.54. The van der Waals surface area contributed by atoms with Crippen LogP contribution in [-0.4, -0.2) is 33.0 Å². The third kappa shape index (κ3) is 3.51. The molecule has 5 nitrogen and oxygen atoms in total. The lowest BCUT2D eigenvalue weighted by Gasteiger charge is -2.34. The van der Waals surface area contributed by atoms with Gasteiger partial charge in [0.2, 0.25) is 0 Å². The zero-order chi connectivity index (χ0) is 19.5. The second-order valence-corrected chi connectivity index (χ2v) is 8.80. The van der Waals surface area contributed by atoms with Crippen molar-refractivity contribution in [1.29, 1.82) is 0 Å². The van der Waals surface area contributed by atoms with E-state index in [1.54, 1.807) is 61.7 Å². The van der Waals surface area contributed by atoms with Crippen LogP contribution in [0.5, 0.6) is 0 Å². The van der Waals surface area contributed by atoms with E-state index in [1.807, 2.05) is 18.2 Å². The van der Waals surface area contributed by atoms with Crippen LogP contribution < -0.4 is 9.62 Å². The average molecular weight is 383 g/mol. The summed E-state index contributed by atoms with van der Waals surface area (Å²) in [6.07, 6.45) is 5.35. The van der Waals surface area contributed by atoms with Crippen LogP contribution in [0.25, 0.3) is 0 Å². The van der Waals surface area contributed by atoms with E-state index in [-0.39, 0.29) is 28.5 Å². The Morgan fingerprint density at radius 1 is 1.07 bits per heavy atom. The molecule has 27 heavy (non-hydrogen) atoms. The highest BCUT2D eigenvalue weighted by molar-refractivity contribution is 7.91. The van der Waals surface area contributed by atoms with Crippen molar-refractivity contribution in [2.24, 2.45) is 5.73 Å². The second-order valence-electron chi connectivity index (χ2n) is 6.40. The molecule has 1 aliphatic rings. The minimum Gasteiger partial charge on any atom is -0.326 e. The van der Waals surface area contributed by atoms with Crippen LogP contribution in [0.3, 0.4) is 0 Å². The van der Waals surface area contributed by atoms with Gasteiger partial charge in [-0.1, -0.05) is 48.5 Å². The van der Waals surface area contributed by atoms with E-state index in [9.17, 15) is 13.2 Å². The molecule has 2 aromatic carbocycles. The van der Waals surface area contributed by atoms with E-state index < -0.39 is 10.0 Å². The SMILES string of the molecule is CCS(=O)(=O)[N+]1(c2cccc(C(=O)c3ccccc3)c2)C=C(CN)C=CC1. The van der Waals surface area contributed by atoms with E-state index in [2.05, 4.69) is 0 Å². The summed E-state index contributed by atoms with van der Waals surface area (Å²) in [5.41, 5.74) is 8.07. The Morgan fingerprint density at radius 2 is 1.78 bits per heavy atom. The van der Waals surface area contributed by atoms with Crippen molar-refractivity contribution in [3.8, 4) is 0 Å². The van der Waals surface area contributed by atoms with Crippen LogP contribution in [0.4, 0.5) is 5.69 Å². The second kappa shape index (κ2) is 7.60. The Hall–Kier alpha value is -2.54. The Bertz CT molecular complexity index is 1010. The van der Waals surface area contributed by atoms with Crippen LogP contribution in [-0.2, 0) is 10.0 Å². The Balaban J connectivity index is 2.14. The molecule has 0 saturated carbocycles. The molecule has 0 aromatic heterocycles. The van der Waals surface area contributed by atoms with E-state index in [1.165, 1.54) is 0 Å². The molecule has 0 saturated heterocycles. The maximum absolute atomic E-state index is 13.1. The standard InChI is InChI=1S/C21H23N2O3S/c1-2-27(25,26)23(13-7-8-17(15-22)16-23)20-12-6-11-19(14-20)21(24)18-9-4-3-5-10-18/h3-12,14,16H,2,13,15,22H2,1H3/q+1. The first-order valence-electron chi connectivity index (χ1n) is 8.83. The zero-order valence-electron chi connectivity index (χ0n) is 15.2. The lowest BCUT2D eigenvalue weighted by molar-refractivity contribution is 0.103. The highest BCUT2D eigenvalue weighted by atomic mass is 32.2. The van der Waals surface area contributed by atoms with Gasteiger partial charge in [0, 0.05) is 35.4 Å². The van der Waals surface area contributed by atoms with Crippen molar-refractivity contribution < 1.29 is 13.2 Å². The van der Waals surface area contributed by atoms with Crippen LogP contribution in [0.2, 0.25) is 0 Å². The van der Waals surface area contributed by atoms with Crippen LogP contribution in [0, 0.1) is 0 Å². The third-order valence-corrected chi connectivity index (χ3v) is 6.95. The minimum absolute atomic E-state index is 0.0218. The molecule has 0 fully saturated rings. The zero-order valence-corrected chi connectivity index (χ0v) is 16.0. The van der Waals surface area contributed by atoms with Gasteiger partial charge in [0.1, 0.15) is 12.7 Å². The molecule has 140 valence electrons. The van der Waals surface area contributed by atoms with Crippen LogP contribution in [0.1, 0.15) is 22.8 Å². The summed E-state index contributed by atoms with van der Waals surface area (Å²) in [6.45, 7) is 2.14. The van der Waals surface area contributed by atoms with Crippen molar-refractivity contribution in [2.45, 2.75) is 6.92 Å². The molecular weight excluding hydrogens is 360 g/mol. The van der Waals surface area contributed by atoms with Crippen molar-refractivity contribution >= 4 is 21.5 Å². The summed E-state index contributed by atoms with van der Waals surface area (Å²) < 4.78 is 25.8. The Kier molecular flexibility index (Phi) is 5.41. The van der Waals surface area contributed by atoms with Crippen LogP contribution in [0.15, 0.2) is 78.5 Å². The fraction of sp³-hybridized carbons (Fsp3) is 0.190. The first-order chi connectivity index (χ1) is 12.9. The number of sulfonamides is 1. The fourth-order valence-corrected chi connectivity index (χ4v) is 4.75. The highest BCUT2D eigenvalue weighted by Gasteiger charge is 2.42. The molecule has 0 spiro atoms. The van der Waals surface area contributed by atoms with Crippen molar-refractivity contribution in [3.05, 3.63) is 89.6 Å². The number of benzene rings is 2. The summed E-state index contributed by atoms with van der Waals surface area (Å²) in [6, 6.07) is 15.8. The predicted molar refractivity (Wildman–Crippen MR) is 109 cm³/mol. The van der Waals surface area contributed by atoms with Gasteiger partial charge in [0.05, 0.1) is 5.75 Å². The molecule has 1 atom stereocenters. The van der Waals surface area contributed by atoms with Gasteiger partial charge < -0.3 is 5.73 Å². The maximum atomic E-state index is 13.1. The average Bonchev–Trinajstić information content (AvgIpc) is 2.73. The normalized spacial score (nSPS) is 19.6. The molecule has 6 heteroatoms. The number of rotatable bonds is 6. The Labute approximate surface area is 160 Å². The van der Waals surface area contributed by atoms with Crippen molar-refractivity contribution in [1.82, 2.24) is 3.89 Å². The first-order valence-corrected chi connectivity index (χ1v) is 10.4. The number of carbonyl (C=O) groups is 1. The van der Waals surface area contributed by atoms with Gasteiger partial charge in [0.15, 0.2) is 11.5 Å². The van der Waals surface area contributed by atoms with E-state index in [0.29, 0.717) is 16.8 Å². The molecule has 2 aromatic rings. The van der Waals surface area contributed by atoms with Gasteiger partial charge >= 0.3 is 10.0 Å². The maximum Gasteiger partial charge on any atom is 0.306 e. The Morgan fingerprint density at radius 3 is 2.44 bits per heavy atom. The van der Waals surface area contributed by atoms with Gasteiger partial charge in [0.25, 0.3) is 0 Å². The molecule has 0 aliphatic carbocycles. The van der Waals surface area contributed by atoms with Gasteiger partial charge in [-0.15, -0.1) is 0 Å². The molecule has 1 heterocycles. The number of hydrogen-bond acceptors (Lipinski definition) is 4. The molecular formula is C21H23N2O3S+. The van der Waals surface area contributed by atoms with Crippen molar-refractivity contribution in [3.63, 3.8) is 0 Å². The lowest BCUT2D eigenvalue weighted by Crippen LogP contribution is -2.51. The molecule has 2 N–H and O–H groups in total. The summed E-state index contributed by atoms with van der Waals surface area (Å²) in [4.78, 5) is 12.8. The molecule has 0 amide bonds. The quantitative estimate of drug-likeness (QED) is 0.614. The third-order valence-electron chi connectivity index (χ3n) is 4.76. The molecule has 0 radical (unpaired) electrons. The summed E-state index contributed by atoms with van der Waals surface area (Å²) >= 11 is 0. The highest BCUT2D eigenvalue weighted by Crippen LogP contribution is 2.33. The smallest absolute Gasteiger partial charge is 0.306 e. The molecule has 1 unspecified atom stereocenters. The predicted octanol–water partition coefficient (Wildman–Crippen LogP) is 2.99. The van der Waals surface area contributed by atoms with Crippen molar-refractivity contribution in [2.75, 3.05) is 18.8 Å². The van der Waals surface area contributed by atoms with Gasteiger partial charge in [-0.3, -0.25) is 4.79 Å². The van der Waals surface area contributed by atoms with E-state index in [0.717, 1.165) is 5.57 Å². The number of quaternary nitrogens is 1. The first kappa shape index (κ1) is 19.2. The number of nitrogens with two attached hydrogens (primary N) is 1. The number of carbonyl (C=O) groups excluding carboxylic acids is 1. The van der Waals surface area contributed by atoms with E-state index >= 15 is 0 Å². The number of hydrogen-bond donors (Lipinski definition) is 1. The minimum atomic E-state index is -3.54. The summed E-state index contributed by atoms with van der Waals surface area (Å²) in [5, 5.41) is 0. The molecule has 1 aliphatic heterocycles. The van der Waals surface area contributed by atoms with E-state index in [4.69, 9.17) is 5.73 Å². The number of ketones is 1. The largest absolute Gasteiger partial charge is 0.326 e. The molecule has 0 bridgehead atoms. The monoisotopic (exact) mass is 383 g/mol.